The van der Waals surface area contributed by atoms with Crippen LogP contribution in [-0.2, 0) is 13.0 Å². The summed E-state index contributed by atoms with van der Waals surface area (Å²) in [6.45, 7) is 0.490. The van der Waals surface area contributed by atoms with Crippen molar-refractivity contribution in [3.8, 4) is 11.1 Å². The lowest BCUT2D eigenvalue weighted by Gasteiger charge is -2.09. The Labute approximate surface area is 188 Å². The second kappa shape index (κ2) is 7.38. The average Bonchev–Trinajstić information content (AvgIpc) is 3.35. The largest absolute Gasteiger partial charge is 0.336 e. The second-order valence-electron chi connectivity index (χ2n) is 8.33. The zero-order valence-corrected chi connectivity index (χ0v) is 17.7. The quantitative estimate of drug-likeness (QED) is 0.404. The highest BCUT2D eigenvalue weighted by Crippen LogP contribution is 2.32. The summed E-state index contributed by atoms with van der Waals surface area (Å²) >= 11 is 0. The zero-order chi connectivity index (χ0) is 22.5. The van der Waals surface area contributed by atoms with E-state index in [2.05, 4.69) is 0 Å². The minimum absolute atomic E-state index is 0.187. The van der Waals surface area contributed by atoms with Crippen LogP contribution in [0.5, 0.6) is 0 Å². The molecule has 4 heteroatoms. The van der Waals surface area contributed by atoms with Gasteiger partial charge in [-0.25, -0.2) is 0 Å². The maximum Gasteiger partial charge on any atom is 0.210 e. The molecule has 0 N–H and O–H groups in total. The van der Waals surface area contributed by atoms with Gasteiger partial charge < -0.3 is 4.57 Å². The molecule has 0 aliphatic rings. The third-order valence-corrected chi connectivity index (χ3v) is 6.45. The fourth-order valence-corrected chi connectivity index (χ4v) is 4.96. The number of fused-ring (bicyclic) bond motifs is 5. The van der Waals surface area contributed by atoms with Crippen LogP contribution in [0.1, 0.15) is 5.56 Å². The topological polar surface area (TPSA) is 56.1 Å². The van der Waals surface area contributed by atoms with Gasteiger partial charge in [0.2, 0.25) is 5.43 Å². The van der Waals surface area contributed by atoms with Gasteiger partial charge in [0.05, 0.1) is 16.3 Å². The number of hydrogen-bond acceptors (Lipinski definition) is 3. The maximum atomic E-state index is 13.8. The summed E-state index contributed by atoms with van der Waals surface area (Å²) in [5.74, 6) is 0. The van der Waals surface area contributed by atoms with Crippen LogP contribution in [0.15, 0.2) is 105 Å². The monoisotopic (exact) mass is 429 g/mol. The van der Waals surface area contributed by atoms with Crippen molar-refractivity contribution >= 4 is 32.6 Å². The highest BCUT2D eigenvalue weighted by Gasteiger charge is 2.24. The van der Waals surface area contributed by atoms with Crippen molar-refractivity contribution in [3.63, 3.8) is 0 Å². The smallest absolute Gasteiger partial charge is 0.210 e. The van der Waals surface area contributed by atoms with E-state index in [0.717, 1.165) is 10.9 Å². The summed E-state index contributed by atoms with van der Waals surface area (Å²) in [7, 11) is 0. The molecule has 0 saturated heterocycles. The fourth-order valence-electron chi connectivity index (χ4n) is 4.96. The van der Waals surface area contributed by atoms with Gasteiger partial charge in [0, 0.05) is 22.9 Å². The van der Waals surface area contributed by atoms with Crippen molar-refractivity contribution in [1.82, 2.24) is 4.57 Å². The van der Waals surface area contributed by atoms with Gasteiger partial charge in [0.1, 0.15) is 5.52 Å². The van der Waals surface area contributed by atoms with E-state index in [1.54, 1.807) is 6.07 Å². The number of nitrogens with zero attached hydrogens (tertiary/aromatic N) is 1. The molecule has 0 aliphatic carbocycles. The molecule has 0 fully saturated rings. The molecular formula is C29H19NO3. The van der Waals surface area contributed by atoms with Gasteiger partial charge in [0.25, 0.3) is 0 Å². The predicted molar refractivity (Wildman–Crippen MR) is 134 cm³/mol. The van der Waals surface area contributed by atoms with E-state index < -0.39 is 0 Å². The summed E-state index contributed by atoms with van der Waals surface area (Å²) in [6, 6.07) is 28.0. The number of rotatable bonds is 4. The van der Waals surface area contributed by atoms with Crippen LogP contribution in [-0.4, -0.2) is 4.57 Å². The molecular weight excluding hydrogens is 410 g/mol. The van der Waals surface area contributed by atoms with Crippen LogP contribution >= 0.6 is 0 Å². The third-order valence-electron chi connectivity index (χ3n) is 6.45. The van der Waals surface area contributed by atoms with Crippen LogP contribution in [0.25, 0.3) is 43.7 Å². The lowest BCUT2D eigenvalue weighted by molar-refractivity contribution is 0.745. The summed E-state index contributed by atoms with van der Waals surface area (Å²) < 4.78 is 1.90. The molecule has 4 nitrogen and oxygen atoms in total. The molecule has 0 bridgehead atoms. The normalized spacial score (nSPS) is 11.6. The van der Waals surface area contributed by atoms with Crippen LogP contribution in [0, 0.1) is 0 Å². The van der Waals surface area contributed by atoms with E-state index in [9.17, 15) is 14.4 Å². The Hall–Kier alpha value is -4.31. The van der Waals surface area contributed by atoms with Crippen molar-refractivity contribution in [2.75, 3.05) is 0 Å². The highest BCUT2D eigenvalue weighted by atomic mass is 16.1. The fraction of sp³-hybridized carbons (Fsp3) is 0.0690. The van der Waals surface area contributed by atoms with Crippen LogP contribution in [0.4, 0.5) is 0 Å². The van der Waals surface area contributed by atoms with Gasteiger partial charge in [-0.1, -0.05) is 84.9 Å². The summed E-state index contributed by atoms with van der Waals surface area (Å²) in [6.07, 6.45) is 0.677. The summed E-state index contributed by atoms with van der Waals surface area (Å²) in [4.78, 5) is 40.5. The average molecular weight is 429 g/mol. The molecule has 0 unspecified atom stereocenters. The standard InChI is InChI=1S/C29H19NO3/c31-23-17-22(19-11-5-2-6-12-19)29(33)27-24(23)25-26(20-13-7-8-14-21(20)28(25)32)30(27)16-15-18-9-3-1-4-10-18/h1-14,17H,15-16H2. The Kier molecular flexibility index (Phi) is 4.34. The number of aryl methyl sites for hydroxylation is 2. The van der Waals surface area contributed by atoms with Gasteiger partial charge in [-0.15, -0.1) is 0 Å². The molecule has 0 spiro atoms. The highest BCUT2D eigenvalue weighted by molar-refractivity contribution is 6.21. The molecule has 158 valence electrons. The first kappa shape index (κ1) is 19.4. The number of benzene rings is 4. The Balaban J connectivity index is 1.74. The van der Waals surface area contributed by atoms with Crippen molar-refractivity contribution in [1.29, 1.82) is 0 Å². The first-order chi connectivity index (χ1) is 16.1. The van der Waals surface area contributed by atoms with E-state index in [1.165, 1.54) is 6.07 Å². The van der Waals surface area contributed by atoms with Crippen molar-refractivity contribution in [2.45, 2.75) is 13.0 Å². The maximum absolute atomic E-state index is 13.8. The van der Waals surface area contributed by atoms with Gasteiger partial charge >= 0.3 is 0 Å². The Morgan fingerprint density at radius 2 is 1.24 bits per heavy atom. The first-order valence-electron chi connectivity index (χ1n) is 11.0. The molecule has 1 aromatic heterocycles. The van der Waals surface area contributed by atoms with Crippen molar-refractivity contribution in [2.24, 2.45) is 0 Å². The van der Waals surface area contributed by atoms with E-state index in [4.69, 9.17) is 0 Å². The Morgan fingerprint density at radius 1 is 0.606 bits per heavy atom. The van der Waals surface area contributed by atoms with Crippen molar-refractivity contribution < 1.29 is 0 Å². The van der Waals surface area contributed by atoms with Crippen LogP contribution in [0.2, 0.25) is 0 Å². The van der Waals surface area contributed by atoms with Gasteiger partial charge in [-0.05, 0) is 23.6 Å². The molecule has 0 atom stereocenters. The number of aromatic nitrogens is 1. The molecule has 0 aliphatic heterocycles. The molecule has 0 amide bonds. The summed E-state index contributed by atoms with van der Waals surface area (Å²) in [5.41, 5.74) is 2.50. The van der Waals surface area contributed by atoms with E-state index in [-0.39, 0.29) is 21.7 Å². The van der Waals surface area contributed by atoms with E-state index in [0.29, 0.717) is 45.9 Å². The van der Waals surface area contributed by atoms with Gasteiger partial charge in [-0.3, -0.25) is 14.4 Å². The van der Waals surface area contributed by atoms with E-state index in [1.807, 2.05) is 83.4 Å². The van der Waals surface area contributed by atoms with Gasteiger partial charge in [-0.2, -0.15) is 0 Å². The van der Waals surface area contributed by atoms with E-state index >= 15 is 0 Å². The minimum Gasteiger partial charge on any atom is -0.336 e. The van der Waals surface area contributed by atoms with Crippen LogP contribution < -0.4 is 16.3 Å². The Morgan fingerprint density at radius 3 is 1.97 bits per heavy atom. The SMILES string of the molecule is O=c1cc(-c2ccccc2)c(=O)c2c1c1c(=O)c3ccccc3c1n2CCc1ccccc1. The lowest BCUT2D eigenvalue weighted by Crippen LogP contribution is -2.17. The third kappa shape index (κ3) is 2.88. The molecule has 33 heavy (non-hydrogen) atoms. The number of hydrogen-bond donors (Lipinski definition) is 0. The molecule has 5 aromatic carbocycles. The molecule has 0 saturated carbocycles. The predicted octanol–water partition coefficient (Wildman–Crippen LogP) is 4.81. The minimum atomic E-state index is -0.292. The first-order valence-corrected chi connectivity index (χ1v) is 11.0. The second-order valence-corrected chi connectivity index (χ2v) is 8.33. The summed E-state index contributed by atoms with van der Waals surface area (Å²) in [5, 5.41) is 1.96. The van der Waals surface area contributed by atoms with Crippen molar-refractivity contribution in [3.05, 3.63) is 127 Å². The zero-order valence-electron chi connectivity index (χ0n) is 17.7. The molecule has 1 heterocycles. The Bertz CT molecular complexity index is 1810. The molecule has 6 rings (SSSR count). The molecule has 0 radical (unpaired) electrons. The molecule has 6 aromatic rings. The van der Waals surface area contributed by atoms with Crippen LogP contribution in [0.3, 0.4) is 0 Å². The lowest BCUT2D eigenvalue weighted by atomic mass is 10.0. The van der Waals surface area contributed by atoms with Gasteiger partial charge in [0.15, 0.2) is 10.9 Å².